The highest BCUT2D eigenvalue weighted by Crippen LogP contribution is 2.48. The number of para-hydroxylation sites is 2. The van der Waals surface area contributed by atoms with Gasteiger partial charge in [-0.3, -0.25) is 0 Å². The Balaban J connectivity index is 0.000000164. The average Bonchev–Trinajstić information content (AvgIpc) is 3.31. The van der Waals surface area contributed by atoms with E-state index in [0.29, 0.717) is 56.1 Å². The van der Waals surface area contributed by atoms with Gasteiger partial charge in [0.05, 0.1) is 88.6 Å². The quantitative estimate of drug-likeness (QED) is 0.181. The number of nitrogens with two attached hydrogens (primary N) is 2. The lowest BCUT2D eigenvalue weighted by Crippen LogP contribution is -2.26. The second-order valence-corrected chi connectivity index (χ2v) is 13.5. The van der Waals surface area contributed by atoms with Crippen LogP contribution in [-0.4, -0.2) is 54.9 Å². The van der Waals surface area contributed by atoms with Crippen LogP contribution in [0.25, 0.3) is 21.9 Å². The Hall–Kier alpha value is -7.92. The molecule has 0 spiro atoms. The molecule has 4 aromatic carbocycles. The molecule has 9 rings (SSSR count). The first-order chi connectivity index (χ1) is 30.2. The summed E-state index contributed by atoms with van der Waals surface area (Å²) in [5.74, 6) is 0.906. The zero-order chi connectivity index (χ0) is 43.9. The Morgan fingerprint density at radius 3 is 1.29 bits per heavy atom. The van der Waals surface area contributed by atoms with Gasteiger partial charge in [-0.2, -0.15) is 10.5 Å². The number of hydrogen-bond donors (Lipinski definition) is 2. The van der Waals surface area contributed by atoms with E-state index in [1.54, 1.807) is 84.9 Å². The first-order valence-corrected chi connectivity index (χ1v) is 19.0. The largest absolute Gasteiger partial charge is 0.497 e. The first kappa shape index (κ1) is 42.2. The molecule has 3 aliphatic rings. The Morgan fingerprint density at radius 1 is 0.565 bits per heavy atom. The van der Waals surface area contributed by atoms with E-state index in [4.69, 9.17) is 58.2 Å². The van der Waals surface area contributed by atoms with Crippen molar-refractivity contribution < 1.29 is 46.7 Å². The molecule has 6 aromatic rings. The summed E-state index contributed by atoms with van der Waals surface area (Å²) in [5, 5.41) is 20.6. The highest BCUT2D eigenvalue weighted by molar-refractivity contribution is 5.87. The lowest BCUT2D eigenvalue weighted by molar-refractivity contribution is -0.0334. The second-order valence-electron chi connectivity index (χ2n) is 13.5. The fourth-order valence-electron chi connectivity index (χ4n) is 7.31. The summed E-state index contributed by atoms with van der Waals surface area (Å²) < 4.78 is 53.7. The van der Waals surface area contributed by atoms with Crippen LogP contribution >= 0.6 is 0 Å². The standard InChI is InChI=1S/2C21H16N2O5.C4H8O2/c2*1-25-11-7-8-12(16(9-11)26-2)17-14(10-22)20(23)28-19-13-5-3-4-6-15(13)27-21(24)18(17)19;1-2-6-4-3-5-1/h2*3-9,17H,23H2,1-2H3;1-4H2. The Morgan fingerprint density at radius 2 is 0.952 bits per heavy atom. The molecule has 1 fully saturated rings. The van der Waals surface area contributed by atoms with Gasteiger partial charge in [-0.1, -0.05) is 36.4 Å². The molecule has 16 heteroatoms. The van der Waals surface area contributed by atoms with Gasteiger partial charge in [0.1, 0.15) is 57.4 Å². The molecular weight excluding hydrogens is 801 g/mol. The predicted molar refractivity (Wildman–Crippen MR) is 224 cm³/mol. The van der Waals surface area contributed by atoms with Crippen molar-refractivity contribution in [1.29, 1.82) is 10.5 Å². The predicted octanol–water partition coefficient (Wildman–Crippen LogP) is 6.09. The van der Waals surface area contributed by atoms with Gasteiger partial charge in [0, 0.05) is 23.3 Å². The summed E-state index contributed by atoms with van der Waals surface area (Å²) in [6.07, 6.45) is 0. The molecule has 0 amide bonds. The Labute approximate surface area is 354 Å². The van der Waals surface area contributed by atoms with Crippen LogP contribution in [0, 0.1) is 22.7 Å². The summed E-state index contributed by atoms with van der Waals surface area (Å²) in [4.78, 5) is 25.7. The van der Waals surface area contributed by atoms with Gasteiger partial charge in [-0.15, -0.1) is 0 Å². The average molecular weight is 841 g/mol. The van der Waals surface area contributed by atoms with Crippen LogP contribution in [0.4, 0.5) is 0 Å². The topological polar surface area (TPSA) is 234 Å². The molecule has 0 bridgehead atoms. The zero-order valence-electron chi connectivity index (χ0n) is 34.0. The van der Waals surface area contributed by atoms with E-state index in [1.165, 1.54) is 28.4 Å². The number of hydrogen-bond acceptors (Lipinski definition) is 16. The monoisotopic (exact) mass is 840 g/mol. The van der Waals surface area contributed by atoms with E-state index in [9.17, 15) is 20.1 Å². The molecule has 5 heterocycles. The van der Waals surface area contributed by atoms with E-state index >= 15 is 0 Å². The maximum atomic E-state index is 12.9. The van der Waals surface area contributed by atoms with Crippen LogP contribution in [0.2, 0.25) is 0 Å². The number of rotatable bonds is 6. The van der Waals surface area contributed by atoms with E-state index in [0.717, 1.165) is 26.4 Å². The van der Waals surface area contributed by atoms with Crippen molar-refractivity contribution >= 4 is 21.9 Å². The van der Waals surface area contributed by atoms with Crippen molar-refractivity contribution in [2.45, 2.75) is 11.8 Å². The van der Waals surface area contributed by atoms with Crippen LogP contribution in [0.1, 0.15) is 34.1 Å². The summed E-state index contributed by atoms with van der Waals surface area (Å²) in [5.41, 5.74) is 13.4. The summed E-state index contributed by atoms with van der Waals surface area (Å²) in [6.45, 7) is 3.11. The van der Waals surface area contributed by atoms with Crippen LogP contribution < -0.4 is 51.1 Å². The minimum absolute atomic E-state index is 0.0615. The smallest absolute Gasteiger partial charge is 0.344 e. The third-order valence-corrected chi connectivity index (χ3v) is 10.2. The molecule has 0 aliphatic carbocycles. The van der Waals surface area contributed by atoms with Gasteiger partial charge in [-0.05, 0) is 36.4 Å². The van der Waals surface area contributed by atoms with Crippen LogP contribution in [0.3, 0.4) is 0 Å². The van der Waals surface area contributed by atoms with Gasteiger partial charge in [0.25, 0.3) is 0 Å². The lowest BCUT2D eigenvalue weighted by atomic mass is 9.83. The summed E-state index contributed by atoms with van der Waals surface area (Å²) in [6, 6.07) is 28.4. The third kappa shape index (κ3) is 8.03. The minimum atomic E-state index is -0.796. The van der Waals surface area contributed by atoms with E-state index in [2.05, 4.69) is 12.1 Å². The van der Waals surface area contributed by atoms with Gasteiger partial charge in [-0.25, -0.2) is 9.59 Å². The number of methoxy groups -OCH3 is 4. The van der Waals surface area contributed by atoms with Crippen LogP contribution in [0.5, 0.6) is 34.5 Å². The number of benzene rings is 4. The molecule has 1 saturated heterocycles. The van der Waals surface area contributed by atoms with Crippen molar-refractivity contribution in [3.05, 3.63) is 151 Å². The van der Waals surface area contributed by atoms with E-state index in [-0.39, 0.29) is 45.5 Å². The molecule has 0 radical (unpaired) electrons. The van der Waals surface area contributed by atoms with Crippen molar-refractivity contribution in [2.75, 3.05) is 54.9 Å². The van der Waals surface area contributed by atoms with Crippen molar-refractivity contribution in [3.8, 4) is 46.6 Å². The molecule has 16 nitrogen and oxygen atoms in total. The number of nitriles is 2. The first-order valence-electron chi connectivity index (χ1n) is 19.0. The van der Waals surface area contributed by atoms with E-state index < -0.39 is 23.1 Å². The fraction of sp³-hybridized carbons (Fsp3) is 0.217. The fourth-order valence-corrected chi connectivity index (χ4v) is 7.31. The number of fused-ring (bicyclic) bond motifs is 6. The molecule has 2 atom stereocenters. The van der Waals surface area contributed by atoms with Crippen molar-refractivity contribution in [1.82, 2.24) is 0 Å². The molecule has 4 N–H and O–H groups in total. The van der Waals surface area contributed by atoms with Gasteiger partial charge in [0.2, 0.25) is 11.8 Å². The highest BCUT2D eigenvalue weighted by atomic mass is 16.6. The maximum Gasteiger partial charge on any atom is 0.344 e. The number of ether oxygens (including phenoxy) is 8. The maximum absolute atomic E-state index is 12.9. The zero-order valence-corrected chi connectivity index (χ0v) is 34.0. The minimum Gasteiger partial charge on any atom is -0.497 e. The van der Waals surface area contributed by atoms with Crippen LogP contribution in [-0.2, 0) is 9.47 Å². The molecule has 2 unspecified atom stereocenters. The molecule has 62 heavy (non-hydrogen) atoms. The summed E-state index contributed by atoms with van der Waals surface area (Å²) in [7, 11) is 6.08. The second kappa shape index (κ2) is 18.6. The lowest BCUT2D eigenvalue weighted by Gasteiger charge is -2.27. The molecule has 0 saturated carbocycles. The van der Waals surface area contributed by atoms with E-state index in [1.807, 2.05) is 0 Å². The SMILES string of the molecule is C1COCCO1.COc1ccc(C2C(C#N)=C(N)Oc3c2c(=O)oc2ccccc32)c(OC)c1.COc1ccc(C2C(C#N)=C(N)Oc3c2c(=O)oc2ccccc32)c(OC)c1. The summed E-state index contributed by atoms with van der Waals surface area (Å²) >= 11 is 0. The molecule has 316 valence electrons. The number of nitrogens with zero attached hydrogens (tertiary/aromatic N) is 2. The molecular formula is C46H40N4O12. The van der Waals surface area contributed by atoms with Crippen molar-refractivity contribution in [2.24, 2.45) is 11.5 Å². The molecule has 2 aromatic heterocycles. The van der Waals surface area contributed by atoms with Crippen molar-refractivity contribution in [3.63, 3.8) is 0 Å². The Bertz CT molecular complexity index is 2730. The normalized spacial score (nSPS) is 16.4. The van der Waals surface area contributed by atoms with Crippen LogP contribution in [0.15, 0.2) is 126 Å². The molecule has 3 aliphatic heterocycles. The number of allylic oxidation sites excluding steroid dienone is 2. The Kier molecular flexibility index (Phi) is 12.6. The third-order valence-electron chi connectivity index (χ3n) is 10.2. The van der Waals surface area contributed by atoms with Gasteiger partial charge < -0.3 is 58.2 Å². The highest BCUT2D eigenvalue weighted by Gasteiger charge is 2.38. The van der Waals surface area contributed by atoms with Gasteiger partial charge >= 0.3 is 11.3 Å². The van der Waals surface area contributed by atoms with Gasteiger partial charge in [0.15, 0.2) is 11.5 Å².